The van der Waals surface area contributed by atoms with Crippen molar-refractivity contribution in [3.63, 3.8) is 0 Å². The summed E-state index contributed by atoms with van der Waals surface area (Å²) in [5.41, 5.74) is 4.34. The second-order valence-electron chi connectivity index (χ2n) is 5.88. The summed E-state index contributed by atoms with van der Waals surface area (Å²) >= 11 is 1.66. The van der Waals surface area contributed by atoms with Crippen molar-refractivity contribution in [2.45, 2.75) is 6.42 Å². The van der Waals surface area contributed by atoms with Crippen LogP contribution in [-0.4, -0.2) is 23.6 Å². The first-order valence-corrected chi connectivity index (χ1v) is 9.33. The molecule has 0 aliphatic carbocycles. The highest BCUT2D eigenvalue weighted by Crippen LogP contribution is 2.39. The van der Waals surface area contributed by atoms with E-state index in [1.807, 2.05) is 36.5 Å². The van der Waals surface area contributed by atoms with Crippen LogP contribution < -0.4 is 10.1 Å². The van der Waals surface area contributed by atoms with Gasteiger partial charge >= 0.3 is 0 Å². The molecule has 4 aromatic rings. The van der Waals surface area contributed by atoms with Crippen molar-refractivity contribution >= 4 is 39.1 Å². The zero-order chi connectivity index (χ0) is 17.8. The molecule has 0 spiro atoms. The largest absolute Gasteiger partial charge is 0.494 e. The van der Waals surface area contributed by atoms with Gasteiger partial charge in [0.25, 0.3) is 0 Å². The highest BCUT2D eigenvalue weighted by molar-refractivity contribution is 7.22. The SMILES string of the molecule is COc1ccc(-c2ccccc2)c2sc(NCCc3ccccn3)nc12.Cl. The van der Waals surface area contributed by atoms with Crippen LogP contribution >= 0.6 is 23.7 Å². The number of anilines is 1. The maximum absolute atomic E-state index is 5.51. The number of nitrogens with zero attached hydrogens (tertiary/aromatic N) is 2. The van der Waals surface area contributed by atoms with E-state index in [9.17, 15) is 0 Å². The first-order valence-electron chi connectivity index (χ1n) is 8.52. The molecular weight excluding hydrogens is 378 g/mol. The zero-order valence-corrected chi connectivity index (χ0v) is 16.5. The van der Waals surface area contributed by atoms with Crippen molar-refractivity contribution in [2.24, 2.45) is 0 Å². The summed E-state index contributed by atoms with van der Waals surface area (Å²) in [4.78, 5) is 9.12. The predicted molar refractivity (Wildman–Crippen MR) is 115 cm³/mol. The van der Waals surface area contributed by atoms with E-state index >= 15 is 0 Å². The van der Waals surface area contributed by atoms with Crippen molar-refractivity contribution in [1.29, 1.82) is 0 Å². The molecule has 2 aromatic heterocycles. The Kier molecular flexibility index (Phi) is 6.27. The molecule has 0 aliphatic rings. The number of methoxy groups -OCH3 is 1. The summed E-state index contributed by atoms with van der Waals surface area (Å²) in [6.45, 7) is 0.791. The summed E-state index contributed by atoms with van der Waals surface area (Å²) in [5, 5.41) is 4.32. The van der Waals surface area contributed by atoms with Crippen LogP contribution in [0.3, 0.4) is 0 Å². The van der Waals surface area contributed by atoms with E-state index in [1.165, 1.54) is 11.1 Å². The topological polar surface area (TPSA) is 47.0 Å². The minimum Gasteiger partial charge on any atom is -0.494 e. The van der Waals surface area contributed by atoms with Gasteiger partial charge in [0.15, 0.2) is 5.13 Å². The van der Waals surface area contributed by atoms with E-state index in [0.717, 1.165) is 39.8 Å². The molecule has 138 valence electrons. The van der Waals surface area contributed by atoms with Crippen molar-refractivity contribution in [2.75, 3.05) is 19.0 Å². The van der Waals surface area contributed by atoms with Gasteiger partial charge in [-0.2, -0.15) is 0 Å². The Morgan fingerprint density at radius 1 is 1.00 bits per heavy atom. The summed E-state index contributed by atoms with van der Waals surface area (Å²) in [6, 6.07) is 20.5. The third-order valence-corrected chi connectivity index (χ3v) is 5.24. The number of hydrogen-bond acceptors (Lipinski definition) is 5. The van der Waals surface area contributed by atoms with Gasteiger partial charge in [0, 0.05) is 30.4 Å². The highest BCUT2D eigenvalue weighted by atomic mass is 35.5. The van der Waals surface area contributed by atoms with Crippen molar-refractivity contribution in [3.05, 3.63) is 72.6 Å². The van der Waals surface area contributed by atoms with Gasteiger partial charge in [-0.15, -0.1) is 12.4 Å². The van der Waals surface area contributed by atoms with Crippen LogP contribution in [0.4, 0.5) is 5.13 Å². The Morgan fingerprint density at radius 3 is 2.56 bits per heavy atom. The zero-order valence-electron chi connectivity index (χ0n) is 14.9. The molecule has 6 heteroatoms. The van der Waals surface area contributed by atoms with Crippen LogP contribution in [0.15, 0.2) is 66.9 Å². The molecule has 2 heterocycles. The molecular formula is C21H20ClN3OS. The van der Waals surface area contributed by atoms with Crippen molar-refractivity contribution < 1.29 is 4.74 Å². The van der Waals surface area contributed by atoms with Gasteiger partial charge in [0.1, 0.15) is 11.3 Å². The highest BCUT2D eigenvalue weighted by Gasteiger charge is 2.14. The molecule has 0 unspecified atom stereocenters. The minimum absolute atomic E-state index is 0. The van der Waals surface area contributed by atoms with E-state index in [4.69, 9.17) is 9.72 Å². The minimum atomic E-state index is 0. The maximum Gasteiger partial charge on any atom is 0.183 e. The molecule has 0 aliphatic heterocycles. The molecule has 0 fully saturated rings. The van der Waals surface area contributed by atoms with E-state index in [1.54, 1.807) is 18.4 Å². The van der Waals surface area contributed by atoms with Gasteiger partial charge in [-0.05, 0) is 29.8 Å². The monoisotopic (exact) mass is 397 g/mol. The average Bonchev–Trinajstić information content (AvgIpc) is 3.13. The number of rotatable bonds is 6. The van der Waals surface area contributed by atoms with Crippen LogP contribution in [0.2, 0.25) is 0 Å². The third-order valence-electron chi connectivity index (χ3n) is 4.19. The van der Waals surface area contributed by atoms with E-state index in [0.29, 0.717) is 0 Å². The smallest absolute Gasteiger partial charge is 0.183 e. The number of ether oxygens (including phenoxy) is 1. The number of halogens is 1. The fraction of sp³-hybridized carbons (Fsp3) is 0.143. The fourth-order valence-corrected chi connectivity index (χ4v) is 3.96. The molecule has 4 nitrogen and oxygen atoms in total. The molecule has 0 radical (unpaired) electrons. The Bertz CT molecular complexity index is 1010. The Labute approximate surface area is 168 Å². The number of thiazole rings is 1. The van der Waals surface area contributed by atoms with Crippen LogP contribution in [0.5, 0.6) is 5.75 Å². The first-order chi connectivity index (χ1) is 12.8. The lowest BCUT2D eigenvalue weighted by atomic mass is 10.1. The van der Waals surface area contributed by atoms with Gasteiger partial charge in [-0.25, -0.2) is 4.98 Å². The second-order valence-corrected chi connectivity index (χ2v) is 6.88. The van der Waals surface area contributed by atoms with Crippen LogP contribution in [-0.2, 0) is 6.42 Å². The van der Waals surface area contributed by atoms with E-state index < -0.39 is 0 Å². The lowest BCUT2D eigenvalue weighted by Crippen LogP contribution is -2.05. The molecule has 0 saturated heterocycles. The van der Waals surface area contributed by atoms with Crippen LogP contribution in [0, 0.1) is 0 Å². The molecule has 4 rings (SSSR count). The summed E-state index contributed by atoms with van der Waals surface area (Å²) in [5.74, 6) is 0.800. The number of hydrogen-bond donors (Lipinski definition) is 1. The molecule has 27 heavy (non-hydrogen) atoms. The predicted octanol–water partition coefficient (Wildman–Crippen LogP) is 5.44. The Hall–Kier alpha value is -2.63. The van der Waals surface area contributed by atoms with Gasteiger partial charge < -0.3 is 10.1 Å². The maximum atomic E-state index is 5.51. The van der Waals surface area contributed by atoms with Crippen molar-refractivity contribution in [1.82, 2.24) is 9.97 Å². The standard InChI is InChI=1S/C21H19N3OS.ClH/c1-25-18-11-10-17(15-7-3-2-4-8-15)20-19(18)24-21(26-20)23-14-12-16-9-5-6-13-22-16;/h2-11,13H,12,14H2,1H3,(H,23,24);1H. The Morgan fingerprint density at radius 2 is 1.81 bits per heavy atom. The lowest BCUT2D eigenvalue weighted by Gasteiger charge is -2.05. The molecule has 2 aromatic carbocycles. The molecule has 1 N–H and O–H groups in total. The van der Waals surface area contributed by atoms with E-state index in [2.05, 4.69) is 40.6 Å². The molecule has 0 bridgehead atoms. The average molecular weight is 398 g/mol. The van der Waals surface area contributed by atoms with Gasteiger partial charge in [0.2, 0.25) is 0 Å². The summed E-state index contributed by atoms with van der Waals surface area (Å²) in [6.07, 6.45) is 2.68. The second kappa shape index (κ2) is 8.84. The number of nitrogens with one attached hydrogen (secondary N) is 1. The quantitative estimate of drug-likeness (QED) is 0.470. The fourth-order valence-electron chi connectivity index (χ4n) is 2.91. The lowest BCUT2D eigenvalue weighted by molar-refractivity contribution is 0.419. The summed E-state index contributed by atoms with van der Waals surface area (Å²) < 4.78 is 6.65. The first kappa shape index (κ1) is 19.1. The normalized spacial score (nSPS) is 10.4. The Balaban J connectivity index is 0.00000210. The molecule has 0 saturated carbocycles. The van der Waals surface area contributed by atoms with E-state index in [-0.39, 0.29) is 12.4 Å². The van der Waals surface area contributed by atoms with Crippen LogP contribution in [0.1, 0.15) is 5.69 Å². The van der Waals surface area contributed by atoms with Crippen LogP contribution in [0.25, 0.3) is 21.3 Å². The number of fused-ring (bicyclic) bond motifs is 1. The number of pyridine rings is 1. The van der Waals surface area contributed by atoms with Gasteiger partial charge in [-0.1, -0.05) is 47.7 Å². The summed E-state index contributed by atoms with van der Waals surface area (Å²) in [7, 11) is 1.69. The van der Waals surface area contributed by atoms with Gasteiger partial charge in [-0.3, -0.25) is 4.98 Å². The number of benzene rings is 2. The van der Waals surface area contributed by atoms with Crippen molar-refractivity contribution in [3.8, 4) is 16.9 Å². The molecule has 0 atom stereocenters. The molecule has 0 amide bonds. The number of aromatic nitrogens is 2. The third kappa shape index (κ3) is 4.21. The van der Waals surface area contributed by atoms with Gasteiger partial charge in [0.05, 0.1) is 11.8 Å².